The zero-order valence-corrected chi connectivity index (χ0v) is 16.5. The number of aryl methyl sites for hydroxylation is 1. The number of nitrogens with zero attached hydrogens (tertiary/aromatic N) is 1. The molecule has 0 aliphatic heterocycles. The monoisotopic (exact) mass is 396 g/mol. The van der Waals surface area contributed by atoms with E-state index in [0.29, 0.717) is 27.3 Å². The molecule has 1 heterocycles. The number of aromatic nitrogens is 1. The number of anilines is 1. The molecule has 5 nitrogen and oxygen atoms in total. The lowest BCUT2D eigenvalue weighted by atomic mass is 10.1. The molecule has 1 aromatic heterocycles. The van der Waals surface area contributed by atoms with Crippen LogP contribution in [0.3, 0.4) is 0 Å². The third-order valence-electron chi connectivity index (χ3n) is 3.89. The van der Waals surface area contributed by atoms with Crippen molar-refractivity contribution < 1.29 is 9.53 Å². The van der Waals surface area contributed by atoms with E-state index < -0.39 is 0 Å². The molecule has 0 fully saturated rings. The van der Waals surface area contributed by atoms with E-state index in [4.69, 9.17) is 27.9 Å². The maximum absolute atomic E-state index is 12.1. The Balaban J connectivity index is 2.03. The molecule has 0 radical (unpaired) electrons. The second-order valence-electron chi connectivity index (χ2n) is 6.44. The normalized spacial score (nSPS) is 10.8. The second-order valence-corrected chi connectivity index (χ2v) is 7.25. The topological polar surface area (TPSA) is 60.3 Å². The standard InChI is InChI=1S/C19H22Cl2N2O3/c1-12(2)6-8-23-9-7-17(24)19(13(23)3)26-11-18(25)22-14-4-5-15(20)16(21)10-14/h4-5,7,9-10,12H,6,8,11H2,1-3H3,(H,22,25). The number of pyridine rings is 1. The number of benzene rings is 1. The molecule has 2 rings (SSSR count). The van der Waals surface area contributed by atoms with E-state index in [-0.39, 0.29) is 23.7 Å². The molecule has 0 unspecified atom stereocenters. The first-order valence-corrected chi connectivity index (χ1v) is 9.11. The zero-order valence-electron chi connectivity index (χ0n) is 15.0. The lowest BCUT2D eigenvalue weighted by Crippen LogP contribution is -2.23. The smallest absolute Gasteiger partial charge is 0.262 e. The van der Waals surface area contributed by atoms with Crippen LogP contribution in [0.5, 0.6) is 5.75 Å². The van der Waals surface area contributed by atoms with E-state index >= 15 is 0 Å². The van der Waals surface area contributed by atoms with Crippen LogP contribution in [-0.2, 0) is 11.3 Å². The van der Waals surface area contributed by atoms with Crippen molar-refractivity contribution in [3.05, 3.63) is 56.4 Å². The first-order chi connectivity index (χ1) is 12.3. The molecule has 1 aromatic carbocycles. The van der Waals surface area contributed by atoms with Gasteiger partial charge in [0.2, 0.25) is 5.43 Å². The number of hydrogen-bond donors (Lipinski definition) is 1. The summed E-state index contributed by atoms with van der Waals surface area (Å²) < 4.78 is 7.46. The lowest BCUT2D eigenvalue weighted by molar-refractivity contribution is -0.118. The first kappa shape index (κ1) is 20.3. The molecule has 26 heavy (non-hydrogen) atoms. The van der Waals surface area contributed by atoms with Gasteiger partial charge in [0, 0.05) is 24.5 Å². The van der Waals surface area contributed by atoms with E-state index in [0.717, 1.165) is 13.0 Å². The number of carbonyl (C=O) groups is 1. The zero-order chi connectivity index (χ0) is 19.3. The Bertz CT molecular complexity index is 847. The molecule has 1 amide bonds. The van der Waals surface area contributed by atoms with Gasteiger partial charge in [0.05, 0.1) is 15.7 Å². The fourth-order valence-corrected chi connectivity index (χ4v) is 2.68. The molecule has 2 aromatic rings. The van der Waals surface area contributed by atoms with Gasteiger partial charge in [0.1, 0.15) is 0 Å². The van der Waals surface area contributed by atoms with Crippen molar-refractivity contribution >= 4 is 34.8 Å². The van der Waals surface area contributed by atoms with Crippen LogP contribution in [-0.4, -0.2) is 17.1 Å². The SMILES string of the molecule is Cc1c(OCC(=O)Nc2ccc(Cl)c(Cl)c2)c(=O)ccn1CCC(C)C. The Labute approximate surface area is 162 Å². The summed E-state index contributed by atoms with van der Waals surface area (Å²) in [5.74, 6) is 0.357. The predicted molar refractivity (Wildman–Crippen MR) is 105 cm³/mol. The highest BCUT2D eigenvalue weighted by molar-refractivity contribution is 6.42. The Morgan fingerprint density at radius 2 is 1.96 bits per heavy atom. The van der Waals surface area contributed by atoms with Crippen LogP contribution in [0.1, 0.15) is 26.0 Å². The quantitative estimate of drug-likeness (QED) is 0.747. The lowest BCUT2D eigenvalue weighted by Gasteiger charge is -2.15. The average molecular weight is 397 g/mol. The number of hydrogen-bond acceptors (Lipinski definition) is 3. The average Bonchev–Trinajstić information content (AvgIpc) is 2.57. The van der Waals surface area contributed by atoms with Crippen LogP contribution in [0.4, 0.5) is 5.69 Å². The molecular weight excluding hydrogens is 375 g/mol. The van der Waals surface area contributed by atoms with E-state index in [2.05, 4.69) is 19.2 Å². The molecular formula is C19H22Cl2N2O3. The largest absolute Gasteiger partial charge is 0.478 e. The Hall–Kier alpha value is -1.98. The fraction of sp³-hybridized carbons (Fsp3) is 0.368. The van der Waals surface area contributed by atoms with Gasteiger partial charge >= 0.3 is 0 Å². The van der Waals surface area contributed by atoms with Crippen LogP contribution < -0.4 is 15.5 Å². The minimum absolute atomic E-state index is 0.195. The van der Waals surface area contributed by atoms with Gasteiger partial charge in [-0.15, -0.1) is 0 Å². The summed E-state index contributed by atoms with van der Waals surface area (Å²) in [4.78, 5) is 24.2. The van der Waals surface area contributed by atoms with E-state index in [1.165, 1.54) is 6.07 Å². The highest BCUT2D eigenvalue weighted by Gasteiger charge is 2.12. The maximum atomic E-state index is 12.1. The van der Waals surface area contributed by atoms with Gasteiger partial charge in [-0.3, -0.25) is 9.59 Å². The molecule has 0 saturated carbocycles. The number of rotatable bonds is 7. The summed E-state index contributed by atoms with van der Waals surface area (Å²) in [5, 5.41) is 3.41. The highest BCUT2D eigenvalue weighted by atomic mass is 35.5. The first-order valence-electron chi connectivity index (χ1n) is 8.35. The third kappa shape index (κ3) is 5.51. The van der Waals surface area contributed by atoms with Crippen molar-refractivity contribution in [3.8, 4) is 5.75 Å². The predicted octanol–water partition coefficient (Wildman–Crippen LogP) is 4.53. The summed E-state index contributed by atoms with van der Waals surface area (Å²) in [5.41, 5.74) is 0.971. The molecule has 0 aliphatic rings. The number of carbonyl (C=O) groups excluding carboxylic acids is 1. The van der Waals surface area contributed by atoms with Crippen LogP contribution in [0.2, 0.25) is 10.0 Å². The van der Waals surface area contributed by atoms with Gasteiger partial charge < -0.3 is 14.6 Å². The minimum Gasteiger partial charge on any atom is -0.478 e. The maximum Gasteiger partial charge on any atom is 0.262 e. The summed E-state index contributed by atoms with van der Waals surface area (Å²) in [6.07, 6.45) is 2.74. The molecule has 140 valence electrons. The summed E-state index contributed by atoms with van der Waals surface area (Å²) >= 11 is 11.8. The summed E-state index contributed by atoms with van der Waals surface area (Å²) in [6, 6.07) is 6.24. The third-order valence-corrected chi connectivity index (χ3v) is 4.63. The molecule has 0 aliphatic carbocycles. The van der Waals surface area contributed by atoms with Crippen LogP contribution >= 0.6 is 23.2 Å². The Kier molecular flexibility index (Phi) is 7.12. The van der Waals surface area contributed by atoms with Crippen molar-refractivity contribution in [1.82, 2.24) is 4.57 Å². The minimum atomic E-state index is -0.389. The van der Waals surface area contributed by atoms with Gasteiger partial charge in [-0.2, -0.15) is 0 Å². The van der Waals surface area contributed by atoms with Crippen LogP contribution in [0.25, 0.3) is 0 Å². The molecule has 0 spiro atoms. The summed E-state index contributed by atoms with van der Waals surface area (Å²) in [6.45, 7) is 6.61. The highest BCUT2D eigenvalue weighted by Crippen LogP contribution is 2.25. The van der Waals surface area contributed by atoms with Gasteiger partial charge in [-0.1, -0.05) is 37.0 Å². The summed E-state index contributed by atoms with van der Waals surface area (Å²) in [7, 11) is 0. The van der Waals surface area contributed by atoms with E-state index in [1.807, 2.05) is 11.5 Å². The van der Waals surface area contributed by atoms with E-state index in [9.17, 15) is 9.59 Å². The molecule has 0 atom stereocenters. The van der Waals surface area contributed by atoms with E-state index in [1.54, 1.807) is 24.4 Å². The van der Waals surface area contributed by atoms with Crippen molar-refractivity contribution in [2.24, 2.45) is 5.92 Å². The molecule has 1 N–H and O–H groups in total. The van der Waals surface area contributed by atoms with Gasteiger partial charge in [-0.05, 0) is 37.5 Å². The van der Waals surface area contributed by atoms with Crippen molar-refractivity contribution in [2.75, 3.05) is 11.9 Å². The van der Waals surface area contributed by atoms with Crippen molar-refractivity contribution in [1.29, 1.82) is 0 Å². The Morgan fingerprint density at radius 1 is 1.23 bits per heavy atom. The van der Waals surface area contributed by atoms with Crippen molar-refractivity contribution in [3.63, 3.8) is 0 Å². The molecule has 0 saturated heterocycles. The van der Waals surface area contributed by atoms with Crippen molar-refractivity contribution in [2.45, 2.75) is 33.7 Å². The van der Waals surface area contributed by atoms with Crippen LogP contribution in [0.15, 0.2) is 35.3 Å². The Morgan fingerprint density at radius 3 is 2.62 bits per heavy atom. The number of nitrogens with one attached hydrogen (secondary N) is 1. The number of halogens is 2. The number of amides is 1. The van der Waals surface area contributed by atoms with Gasteiger partial charge in [-0.25, -0.2) is 0 Å². The second kappa shape index (κ2) is 9.10. The number of ether oxygens (including phenoxy) is 1. The van der Waals surface area contributed by atoms with Crippen LogP contribution in [0, 0.1) is 12.8 Å². The fourth-order valence-electron chi connectivity index (χ4n) is 2.38. The van der Waals surface area contributed by atoms with Gasteiger partial charge in [0.25, 0.3) is 5.91 Å². The molecule has 0 bridgehead atoms. The molecule has 7 heteroatoms. The van der Waals surface area contributed by atoms with Gasteiger partial charge in [0.15, 0.2) is 12.4 Å².